The lowest BCUT2D eigenvalue weighted by atomic mass is 10.1. The van der Waals surface area contributed by atoms with E-state index in [2.05, 4.69) is 38.4 Å². The molecule has 0 bridgehead atoms. The van der Waals surface area contributed by atoms with Crippen LogP contribution in [0.2, 0.25) is 0 Å². The van der Waals surface area contributed by atoms with Crippen molar-refractivity contribution < 1.29 is 0 Å². The lowest BCUT2D eigenvalue weighted by Crippen LogP contribution is -2.17. The lowest BCUT2D eigenvalue weighted by molar-refractivity contribution is 0.581. The summed E-state index contributed by atoms with van der Waals surface area (Å²) in [6.45, 7) is 4.08. The summed E-state index contributed by atoms with van der Waals surface area (Å²) in [6.07, 6.45) is 7.98. The molecule has 2 heterocycles. The van der Waals surface area contributed by atoms with Gasteiger partial charge in [-0.1, -0.05) is 18.2 Å². The molecular formula is C15H20N4. The number of imidazole rings is 1. The molecular weight excluding hydrogens is 236 g/mol. The summed E-state index contributed by atoms with van der Waals surface area (Å²) in [5, 5.41) is 7.00. The third kappa shape index (κ3) is 2.96. The van der Waals surface area contributed by atoms with Gasteiger partial charge in [0, 0.05) is 37.7 Å². The lowest BCUT2D eigenvalue weighted by Gasteiger charge is -2.10. The molecule has 2 N–H and O–H groups in total. The van der Waals surface area contributed by atoms with Crippen molar-refractivity contribution in [2.75, 3.05) is 18.4 Å². The first-order valence-electron chi connectivity index (χ1n) is 6.94. The molecule has 1 aromatic heterocycles. The van der Waals surface area contributed by atoms with Crippen LogP contribution in [0.3, 0.4) is 0 Å². The number of hydrogen-bond acceptors (Lipinski definition) is 3. The molecule has 1 aliphatic heterocycles. The summed E-state index contributed by atoms with van der Waals surface area (Å²) in [5.74, 6) is 0. The van der Waals surface area contributed by atoms with Crippen LogP contribution in [0, 0.1) is 0 Å². The van der Waals surface area contributed by atoms with Gasteiger partial charge in [-0.25, -0.2) is 4.98 Å². The molecule has 100 valence electrons. The van der Waals surface area contributed by atoms with Gasteiger partial charge in [-0.2, -0.15) is 0 Å². The maximum atomic E-state index is 4.04. The molecule has 0 amide bonds. The van der Waals surface area contributed by atoms with E-state index >= 15 is 0 Å². The van der Waals surface area contributed by atoms with Crippen molar-refractivity contribution in [1.82, 2.24) is 14.9 Å². The van der Waals surface area contributed by atoms with E-state index in [4.69, 9.17) is 0 Å². The Hall–Kier alpha value is -1.81. The number of rotatable bonds is 6. The Morgan fingerprint density at radius 2 is 2.37 bits per heavy atom. The zero-order chi connectivity index (χ0) is 12.9. The highest BCUT2D eigenvalue weighted by Crippen LogP contribution is 2.26. The Bertz CT molecular complexity index is 519. The molecule has 0 spiro atoms. The fourth-order valence-corrected chi connectivity index (χ4v) is 2.59. The number of para-hydroxylation sites is 1. The van der Waals surface area contributed by atoms with Crippen molar-refractivity contribution in [3.63, 3.8) is 0 Å². The van der Waals surface area contributed by atoms with Crippen LogP contribution >= 0.6 is 0 Å². The summed E-state index contributed by atoms with van der Waals surface area (Å²) >= 11 is 0. The van der Waals surface area contributed by atoms with E-state index in [-0.39, 0.29) is 0 Å². The zero-order valence-corrected chi connectivity index (χ0v) is 11.1. The number of nitrogens with one attached hydrogen (secondary N) is 2. The monoisotopic (exact) mass is 256 g/mol. The fourth-order valence-electron chi connectivity index (χ4n) is 2.59. The second kappa shape index (κ2) is 5.89. The van der Waals surface area contributed by atoms with Crippen LogP contribution in [-0.2, 0) is 19.5 Å². The topological polar surface area (TPSA) is 41.9 Å². The quantitative estimate of drug-likeness (QED) is 0.777. The fraction of sp³-hybridized carbons (Fsp3) is 0.400. The van der Waals surface area contributed by atoms with E-state index < -0.39 is 0 Å². The predicted molar refractivity (Wildman–Crippen MR) is 77.2 cm³/mol. The van der Waals surface area contributed by atoms with Crippen LogP contribution in [0.4, 0.5) is 5.69 Å². The van der Waals surface area contributed by atoms with Gasteiger partial charge in [-0.15, -0.1) is 0 Å². The molecule has 19 heavy (non-hydrogen) atoms. The normalized spacial score (nSPS) is 13.3. The standard InChI is InChI=1S/C15H20N4/c1-3-13-5-7-18-15(13)14(4-1)11-16-6-2-9-19-10-8-17-12-19/h1,3-4,8,10,12,16,18H,2,5-7,9,11H2. The number of aryl methyl sites for hydroxylation is 1. The molecule has 0 saturated carbocycles. The number of nitrogens with zero attached hydrogens (tertiary/aromatic N) is 2. The van der Waals surface area contributed by atoms with Crippen molar-refractivity contribution in [2.24, 2.45) is 0 Å². The highest BCUT2D eigenvalue weighted by Gasteiger charge is 2.12. The van der Waals surface area contributed by atoms with Gasteiger partial charge < -0.3 is 15.2 Å². The number of hydrogen-bond donors (Lipinski definition) is 2. The van der Waals surface area contributed by atoms with Crippen molar-refractivity contribution in [3.8, 4) is 0 Å². The number of benzene rings is 1. The van der Waals surface area contributed by atoms with Crippen molar-refractivity contribution in [3.05, 3.63) is 48.0 Å². The molecule has 4 nitrogen and oxygen atoms in total. The van der Waals surface area contributed by atoms with Gasteiger partial charge >= 0.3 is 0 Å². The highest BCUT2D eigenvalue weighted by molar-refractivity contribution is 5.61. The van der Waals surface area contributed by atoms with Gasteiger partial charge in [0.05, 0.1) is 6.33 Å². The molecule has 0 fully saturated rings. The van der Waals surface area contributed by atoms with E-state index in [0.29, 0.717) is 0 Å². The molecule has 1 aliphatic rings. The van der Waals surface area contributed by atoms with Gasteiger partial charge in [0.15, 0.2) is 0 Å². The summed E-state index contributed by atoms with van der Waals surface area (Å²) in [7, 11) is 0. The Morgan fingerprint density at radius 3 is 3.26 bits per heavy atom. The minimum atomic E-state index is 0.945. The first-order valence-corrected chi connectivity index (χ1v) is 6.94. The van der Waals surface area contributed by atoms with Gasteiger partial charge in [0.25, 0.3) is 0 Å². The maximum absolute atomic E-state index is 4.04. The molecule has 4 heteroatoms. The zero-order valence-electron chi connectivity index (χ0n) is 11.1. The molecule has 2 aromatic rings. The third-order valence-corrected chi connectivity index (χ3v) is 3.58. The maximum Gasteiger partial charge on any atom is 0.0945 e. The Balaban J connectivity index is 1.44. The van der Waals surface area contributed by atoms with Gasteiger partial charge in [0.1, 0.15) is 0 Å². The minimum Gasteiger partial charge on any atom is -0.384 e. The van der Waals surface area contributed by atoms with E-state index in [1.165, 1.54) is 16.8 Å². The largest absolute Gasteiger partial charge is 0.384 e. The Morgan fingerprint density at radius 1 is 1.37 bits per heavy atom. The second-order valence-electron chi connectivity index (χ2n) is 4.96. The molecule has 0 saturated heterocycles. The SMILES string of the molecule is c1cc2c(c(CNCCCn3ccnc3)c1)NCC2. The Kier molecular flexibility index (Phi) is 3.79. The molecule has 0 atom stereocenters. The molecule has 3 rings (SSSR count). The van der Waals surface area contributed by atoms with Gasteiger partial charge in [0.2, 0.25) is 0 Å². The first kappa shape index (κ1) is 12.2. The summed E-state index contributed by atoms with van der Waals surface area (Å²) in [5.41, 5.74) is 4.19. The van der Waals surface area contributed by atoms with E-state index in [1.54, 1.807) is 0 Å². The smallest absolute Gasteiger partial charge is 0.0945 e. The van der Waals surface area contributed by atoms with Gasteiger partial charge in [-0.05, 0) is 30.5 Å². The average molecular weight is 256 g/mol. The van der Waals surface area contributed by atoms with Gasteiger partial charge in [-0.3, -0.25) is 0 Å². The Labute approximate surface area is 113 Å². The van der Waals surface area contributed by atoms with Crippen LogP contribution in [0.25, 0.3) is 0 Å². The van der Waals surface area contributed by atoms with Crippen LogP contribution in [0.1, 0.15) is 17.5 Å². The minimum absolute atomic E-state index is 0.945. The second-order valence-corrected chi connectivity index (χ2v) is 4.96. The number of anilines is 1. The van der Waals surface area contributed by atoms with Crippen LogP contribution in [0.15, 0.2) is 36.9 Å². The predicted octanol–water partition coefficient (Wildman–Crippen LogP) is 2.03. The summed E-state index contributed by atoms with van der Waals surface area (Å²) in [4.78, 5) is 4.04. The van der Waals surface area contributed by atoms with Crippen LogP contribution in [0.5, 0.6) is 0 Å². The summed E-state index contributed by atoms with van der Waals surface area (Å²) < 4.78 is 2.11. The van der Waals surface area contributed by atoms with Crippen molar-refractivity contribution >= 4 is 5.69 Å². The van der Waals surface area contributed by atoms with E-state index in [0.717, 1.165) is 39.0 Å². The third-order valence-electron chi connectivity index (χ3n) is 3.58. The molecule has 1 aromatic carbocycles. The highest BCUT2D eigenvalue weighted by atomic mass is 15.0. The van der Waals surface area contributed by atoms with Crippen LogP contribution < -0.4 is 10.6 Å². The van der Waals surface area contributed by atoms with Crippen molar-refractivity contribution in [1.29, 1.82) is 0 Å². The molecule has 0 radical (unpaired) electrons. The van der Waals surface area contributed by atoms with E-state index in [1.807, 2.05) is 18.7 Å². The average Bonchev–Trinajstić information content (AvgIpc) is 3.09. The summed E-state index contributed by atoms with van der Waals surface area (Å²) in [6, 6.07) is 6.59. The first-order chi connectivity index (χ1) is 9.43. The van der Waals surface area contributed by atoms with Crippen LogP contribution in [-0.4, -0.2) is 22.6 Å². The van der Waals surface area contributed by atoms with E-state index in [9.17, 15) is 0 Å². The van der Waals surface area contributed by atoms with Crippen molar-refractivity contribution in [2.45, 2.75) is 25.9 Å². The number of fused-ring (bicyclic) bond motifs is 1. The molecule has 0 aliphatic carbocycles. The molecule has 0 unspecified atom stereocenters. The number of aromatic nitrogens is 2.